The van der Waals surface area contributed by atoms with E-state index < -0.39 is 12.1 Å². The lowest BCUT2D eigenvalue weighted by Crippen LogP contribution is -2.17. The predicted molar refractivity (Wildman–Crippen MR) is 117 cm³/mol. The highest BCUT2D eigenvalue weighted by Crippen LogP contribution is 2.46. The second-order valence-corrected chi connectivity index (χ2v) is 9.87. The second-order valence-electron chi connectivity index (χ2n) is 7.05. The number of aromatic hydroxyl groups is 1. The van der Waals surface area contributed by atoms with Gasteiger partial charge in [-0.25, -0.2) is 4.68 Å². The third-order valence-electron chi connectivity index (χ3n) is 4.92. The maximum atomic E-state index is 14.1. The number of phenolic OH excluding ortho intramolecular Hbond substituents is 1. The van der Waals surface area contributed by atoms with E-state index in [-0.39, 0.29) is 24.1 Å². The fourth-order valence-corrected chi connectivity index (χ4v) is 5.94. The van der Waals surface area contributed by atoms with Crippen LogP contribution >= 0.6 is 7.14 Å². The zero-order chi connectivity index (χ0) is 21.8. The number of benzene rings is 3. The van der Waals surface area contributed by atoms with Crippen molar-refractivity contribution in [3.05, 3.63) is 106 Å². The lowest BCUT2D eigenvalue weighted by Gasteiger charge is -2.18. The maximum absolute atomic E-state index is 14.1. The SMILES string of the molecule is O=[N+]([O-])c1ccc(O)c(Cn2cc(CP(=O)(c3ccccc3)c3ccccc3)nn2)c1. The zero-order valence-electron chi connectivity index (χ0n) is 16.4. The van der Waals surface area contributed by atoms with Crippen molar-refractivity contribution in [2.45, 2.75) is 12.7 Å². The third kappa shape index (κ3) is 4.39. The first-order valence-corrected chi connectivity index (χ1v) is 11.4. The Morgan fingerprint density at radius 3 is 2.16 bits per heavy atom. The number of nitro groups is 1. The van der Waals surface area contributed by atoms with Crippen LogP contribution in [0.3, 0.4) is 0 Å². The van der Waals surface area contributed by atoms with Crippen LogP contribution in [-0.4, -0.2) is 25.0 Å². The van der Waals surface area contributed by atoms with E-state index in [2.05, 4.69) is 10.3 Å². The lowest BCUT2D eigenvalue weighted by atomic mass is 10.2. The molecule has 0 atom stereocenters. The molecule has 0 saturated heterocycles. The van der Waals surface area contributed by atoms with Gasteiger partial charge in [-0.15, -0.1) is 5.10 Å². The van der Waals surface area contributed by atoms with Crippen LogP contribution in [0, 0.1) is 10.1 Å². The molecule has 0 amide bonds. The van der Waals surface area contributed by atoms with Gasteiger partial charge in [-0.05, 0) is 6.07 Å². The van der Waals surface area contributed by atoms with E-state index in [1.54, 1.807) is 6.20 Å². The minimum Gasteiger partial charge on any atom is -0.508 e. The van der Waals surface area contributed by atoms with Crippen LogP contribution in [0.4, 0.5) is 5.69 Å². The number of nitrogens with zero attached hydrogens (tertiary/aromatic N) is 4. The highest BCUT2D eigenvalue weighted by Gasteiger charge is 2.28. The first kappa shape index (κ1) is 20.5. The minimum atomic E-state index is -3.00. The molecule has 0 fully saturated rings. The van der Waals surface area contributed by atoms with Crippen molar-refractivity contribution in [1.29, 1.82) is 0 Å². The zero-order valence-corrected chi connectivity index (χ0v) is 17.3. The van der Waals surface area contributed by atoms with Crippen molar-refractivity contribution in [3.63, 3.8) is 0 Å². The summed E-state index contributed by atoms with van der Waals surface area (Å²) in [4.78, 5) is 10.5. The fourth-order valence-electron chi connectivity index (χ4n) is 3.37. The normalized spacial score (nSPS) is 11.4. The van der Waals surface area contributed by atoms with Crippen molar-refractivity contribution in [3.8, 4) is 5.75 Å². The summed E-state index contributed by atoms with van der Waals surface area (Å²) in [6, 6.07) is 22.4. The molecule has 0 bridgehead atoms. The van der Waals surface area contributed by atoms with Crippen LogP contribution in [0.1, 0.15) is 11.3 Å². The van der Waals surface area contributed by atoms with E-state index in [0.717, 1.165) is 10.6 Å². The third-order valence-corrected chi connectivity index (χ3v) is 7.96. The summed E-state index contributed by atoms with van der Waals surface area (Å²) < 4.78 is 15.6. The molecule has 1 aromatic heterocycles. The van der Waals surface area contributed by atoms with Crippen LogP contribution in [0.15, 0.2) is 85.1 Å². The Morgan fingerprint density at radius 1 is 0.968 bits per heavy atom. The van der Waals surface area contributed by atoms with Gasteiger partial charge in [0.05, 0.1) is 23.3 Å². The van der Waals surface area contributed by atoms with Crippen molar-refractivity contribution in [2.24, 2.45) is 0 Å². The van der Waals surface area contributed by atoms with E-state index in [1.165, 1.54) is 22.9 Å². The summed E-state index contributed by atoms with van der Waals surface area (Å²) in [6.07, 6.45) is 1.83. The molecule has 0 unspecified atom stereocenters. The number of rotatable bonds is 7. The Labute approximate surface area is 178 Å². The minimum absolute atomic E-state index is 0.0677. The second kappa shape index (κ2) is 8.53. The number of hydrogen-bond acceptors (Lipinski definition) is 6. The molecule has 0 aliphatic heterocycles. The van der Waals surface area contributed by atoms with Crippen LogP contribution in [0.5, 0.6) is 5.75 Å². The highest BCUT2D eigenvalue weighted by molar-refractivity contribution is 7.78. The molecule has 1 heterocycles. The molecule has 0 aliphatic carbocycles. The van der Waals surface area contributed by atoms with Crippen molar-refractivity contribution in [2.75, 3.05) is 0 Å². The monoisotopic (exact) mass is 434 g/mol. The van der Waals surface area contributed by atoms with Gasteiger partial charge in [-0.3, -0.25) is 10.1 Å². The largest absolute Gasteiger partial charge is 0.508 e. The number of aromatic nitrogens is 3. The summed E-state index contributed by atoms with van der Waals surface area (Å²) in [5.74, 6) is -0.0677. The van der Waals surface area contributed by atoms with Gasteiger partial charge in [0.15, 0.2) is 0 Å². The van der Waals surface area contributed by atoms with Crippen LogP contribution in [0.25, 0.3) is 0 Å². The van der Waals surface area contributed by atoms with E-state index in [4.69, 9.17) is 0 Å². The quantitative estimate of drug-likeness (QED) is 0.271. The number of non-ortho nitro benzene ring substituents is 1. The van der Waals surface area contributed by atoms with Crippen molar-refractivity contribution >= 4 is 23.4 Å². The predicted octanol–water partition coefficient (Wildman–Crippen LogP) is 3.45. The molecule has 1 N–H and O–H groups in total. The maximum Gasteiger partial charge on any atom is 0.270 e. The Kier molecular flexibility index (Phi) is 5.64. The first-order chi connectivity index (χ1) is 15.0. The van der Waals surface area contributed by atoms with E-state index in [1.807, 2.05) is 60.7 Å². The molecule has 0 spiro atoms. The van der Waals surface area contributed by atoms with Gasteiger partial charge in [0.1, 0.15) is 12.9 Å². The average molecular weight is 434 g/mol. The van der Waals surface area contributed by atoms with Gasteiger partial charge in [0.2, 0.25) is 0 Å². The van der Waals surface area contributed by atoms with E-state index >= 15 is 0 Å². The summed E-state index contributed by atoms with van der Waals surface area (Å²) in [7, 11) is -3.00. The van der Waals surface area contributed by atoms with Gasteiger partial charge in [0.25, 0.3) is 5.69 Å². The molecular formula is C22H19N4O4P. The van der Waals surface area contributed by atoms with Crippen molar-refractivity contribution < 1.29 is 14.6 Å². The van der Waals surface area contributed by atoms with Crippen LogP contribution in [-0.2, 0) is 17.3 Å². The van der Waals surface area contributed by atoms with Crippen molar-refractivity contribution in [1.82, 2.24) is 15.0 Å². The molecule has 9 heteroatoms. The molecule has 8 nitrogen and oxygen atoms in total. The number of hydrogen-bond donors (Lipinski definition) is 1. The Hall–Kier alpha value is -3.77. The molecule has 0 saturated carbocycles. The summed E-state index contributed by atoms with van der Waals surface area (Å²) in [5, 5.41) is 30.7. The smallest absolute Gasteiger partial charge is 0.270 e. The standard InChI is InChI=1S/C22H19N4O4P/c27-22-12-11-19(26(28)29)13-17(22)14-25-15-18(23-24-25)16-31(30,20-7-3-1-4-8-20)21-9-5-2-6-10-21/h1-13,15,27H,14,16H2. The van der Waals surface area contributed by atoms with Gasteiger partial charge in [0, 0.05) is 34.5 Å². The van der Waals surface area contributed by atoms with E-state index in [9.17, 15) is 19.8 Å². The molecule has 4 aromatic rings. The topological polar surface area (TPSA) is 111 Å². The fraction of sp³-hybridized carbons (Fsp3) is 0.0909. The molecule has 0 aliphatic rings. The van der Waals surface area contributed by atoms with Gasteiger partial charge in [-0.1, -0.05) is 65.9 Å². The van der Waals surface area contributed by atoms with Crippen LogP contribution < -0.4 is 10.6 Å². The molecule has 3 aromatic carbocycles. The summed E-state index contributed by atoms with van der Waals surface area (Å²) >= 11 is 0. The van der Waals surface area contributed by atoms with Gasteiger partial charge < -0.3 is 9.67 Å². The van der Waals surface area contributed by atoms with Gasteiger partial charge >= 0.3 is 0 Å². The number of nitro benzene ring substituents is 1. The first-order valence-electron chi connectivity index (χ1n) is 9.51. The molecule has 0 radical (unpaired) electrons. The van der Waals surface area contributed by atoms with Crippen LogP contribution in [0.2, 0.25) is 0 Å². The molecule has 4 rings (SSSR count). The Morgan fingerprint density at radius 2 is 1.58 bits per heavy atom. The summed E-state index contributed by atoms with van der Waals surface area (Å²) in [5.41, 5.74) is 0.756. The number of phenols is 1. The highest BCUT2D eigenvalue weighted by atomic mass is 31.2. The molecule has 31 heavy (non-hydrogen) atoms. The molecule has 156 valence electrons. The lowest BCUT2D eigenvalue weighted by molar-refractivity contribution is -0.384. The summed E-state index contributed by atoms with van der Waals surface area (Å²) in [6.45, 7) is 0.0987. The molecular weight excluding hydrogens is 415 g/mol. The Bertz CT molecular complexity index is 1220. The van der Waals surface area contributed by atoms with Gasteiger partial charge in [-0.2, -0.15) is 0 Å². The van der Waals surface area contributed by atoms with E-state index in [0.29, 0.717) is 11.3 Å². The Balaban J connectivity index is 1.63. The average Bonchev–Trinajstić information content (AvgIpc) is 3.22.